The van der Waals surface area contributed by atoms with Crippen LogP contribution in [0, 0.1) is 20.2 Å². The summed E-state index contributed by atoms with van der Waals surface area (Å²) in [7, 11) is 0. The molecule has 4 N–H and O–H groups in total. The van der Waals surface area contributed by atoms with Gasteiger partial charge in [0.25, 0.3) is 0 Å². The standard InChI is InChI=1S/C6H8N4O4.C3H3N3O2/c7-3(6(11)12)1-4-5(10(13)14)9-2-8-4;7-6(8)5-2-1-4-3-5/h2-3H,1,7H2,(H,8,9)(H,11,12);1-3H. The van der Waals surface area contributed by atoms with Crippen LogP contribution in [0.1, 0.15) is 5.69 Å². The summed E-state index contributed by atoms with van der Waals surface area (Å²) in [4.78, 5) is 39.2. The van der Waals surface area contributed by atoms with Gasteiger partial charge in [0.2, 0.25) is 0 Å². The molecule has 0 saturated carbocycles. The predicted octanol–water partition coefficient (Wildman–Crippen LogP) is -0.805. The fourth-order valence-electron chi connectivity index (χ4n) is 1.27. The van der Waals surface area contributed by atoms with Crippen LogP contribution in [0.15, 0.2) is 25.0 Å². The summed E-state index contributed by atoms with van der Waals surface area (Å²) in [5, 5.41) is 28.1. The second-order valence-corrected chi connectivity index (χ2v) is 3.78. The molecule has 13 nitrogen and oxygen atoms in total. The topological polar surface area (TPSA) is 196 Å². The second-order valence-electron chi connectivity index (χ2n) is 3.78. The van der Waals surface area contributed by atoms with E-state index in [1.807, 2.05) is 0 Å². The Hall–Kier alpha value is -3.35. The summed E-state index contributed by atoms with van der Waals surface area (Å²) >= 11 is 0. The van der Waals surface area contributed by atoms with E-state index in [1.54, 1.807) is 0 Å². The molecule has 0 bridgehead atoms. The number of aromatic amines is 1. The number of aromatic nitrogens is 4. The Morgan fingerprint density at radius 1 is 1.50 bits per heavy atom. The van der Waals surface area contributed by atoms with Crippen molar-refractivity contribution in [1.82, 2.24) is 19.6 Å². The van der Waals surface area contributed by atoms with Crippen molar-refractivity contribution in [3.05, 3.63) is 51.0 Å². The van der Waals surface area contributed by atoms with Crippen LogP contribution in [0.4, 0.5) is 5.82 Å². The maximum absolute atomic E-state index is 10.4. The maximum atomic E-state index is 10.4. The highest BCUT2D eigenvalue weighted by atomic mass is 16.7. The van der Waals surface area contributed by atoms with Gasteiger partial charge in [0.05, 0.1) is 12.4 Å². The lowest BCUT2D eigenvalue weighted by Crippen LogP contribution is -2.32. The Kier molecular flexibility index (Phi) is 5.65. The molecule has 13 heteroatoms. The number of nitrogens with zero attached hydrogens (tertiary/aromatic N) is 5. The zero-order valence-corrected chi connectivity index (χ0v) is 10.9. The molecule has 0 amide bonds. The summed E-state index contributed by atoms with van der Waals surface area (Å²) in [6, 6.07) is -1.18. The van der Waals surface area contributed by atoms with Gasteiger partial charge in [-0.2, -0.15) is 0 Å². The van der Waals surface area contributed by atoms with Gasteiger partial charge in [-0.3, -0.25) is 4.79 Å². The third-order valence-electron chi connectivity index (χ3n) is 2.29. The summed E-state index contributed by atoms with van der Waals surface area (Å²) < 4.78 is 0.778. The normalized spacial score (nSPS) is 11.1. The lowest BCUT2D eigenvalue weighted by atomic mass is 10.2. The number of hydrogen-bond acceptors (Lipinski definition) is 8. The fraction of sp³-hybridized carbons (Fsp3) is 0.222. The summed E-state index contributed by atoms with van der Waals surface area (Å²) in [6.07, 6.45) is 4.69. The molecule has 118 valence electrons. The van der Waals surface area contributed by atoms with E-state index >= 15 is 0 Å². The van der Waals surface area contributed by atoms with E-state index < -0.39 is 22.0 Å². The average Bonchev–Trinajstić information content (AvgIpc) is 3.10. The average molecular weight is 313 g/mol. The van der Waals surface area contributed by atoms with Crippen molar-refractivity contribution >= 4 is 11.8 Å². The number of aliphatic carboxylic acids is 1. The smallest absolute Gasteiger partial charge is 0.343 e. The summed E-state index contributed by atoms with van der Waals surface area (Å²) in [5.74, 6) is -1.54. The van der Waals surface area contributed by atoms with E-state index in [0.717, 1.165) is 17.3 Å². The molecule has 0 aliphatic heterocycles. The second kappa shape index (κ2) is 7.44. The molecule has 22 heavy (non-hydrogen) atoms. The lowest BCUT2D eigenvalue weighted by Gasteiger charge is -2.02. The molecule has 2 heterocycles. The van der Waals surface area contributed by atoms with Gasteiger partial charge in [-0.15, -0.1) is 0 Å². The van der Waals surface area contributed by atoms with Gasteiger partial charge in [0, 0.05) is 6.42 Å². The molecule has 0 radical (unpaired) electrons. The Morgan fingerprint density at radius 3 is 2.59 bits per heavy atom. The first kappa shape index (κ1) is 16.7. The zero-order valence-electron chi connectivity index (χ0n) is 10.9. The predicted molar refractivity (Wildman–Crippen MR) is 69.2 cm³/mol. The van der Waals surface area contributed by atoms with Crippen molar-refractivity contribution in [3.63, 3.8) is 0 Å². The van der Waals surface area contributed by atoms with Gasteiger partial charge < -0.3 is 21.0 Å². The van der Waals surface area contributed by atoms with Crippen molar-refractivity contribution in [3.8, 4) is 0 Å². The first-order chi connectivity index (χ1) is 10.3. The number of hydrogen-bond donors (Lipinski definition) is 3. The monoisotopic (exact) mass is 313 g/mol. The minimum atomic E-state index is -1.22. The Bertz CT molecular complexity index is 651. The van der Waals surface area contributed by atoms with Crippen molar-refractivity contribution in [2.24, 2.45) is 5.73 Å². The Balaban J connectivity index is 0.000000255. The van der Waals surface area contributed by atoms with E-state index in [0.29, 0.717) is 0 Å². The molecule has 2 aromatic heterocycles. The van der Waals surface area contributed by atoms with Gasteiger partial charge in [-0.05, 0) is 4.92 Å². The molecular formula is C9H11N7O6. The van der Waals surface area contributed by atoms with Crippen LogP contribution in [0.2, 0.25) is 0 Å². The summed E-state index contributed by atoms with van der Waals surface area (Å²) in [6.45, 7) is 0. The van der Waals surface area contributed by atoms with Crippen LogP contribution < -0.4 is 5.73 Å². The zero-order chi connectivity index (χ0) is 16.7. The van der Waals surface area contributed by atoms with Crippen molar-refractivity contribution in [2.45, 2.75) is 12.5 Å². The van der Waals surface area contributed by atoms with Crippen molar-refractivity contribution < 1.29 is 19.9 Å². The van der Waals surface area contributed by atoms with Crippen molar-refractivity contribution in [1.29, 1.82) is 0 Å². The van der Waals surface area contributed by atoms with E-state index in [1.165, 1.54) is 12.4 Å². The molecule has 1 atom stereocenters. The quantitative estimate of drug-likeness (QED) is 0.467. The maximum Gasteiger partial charge on any atom is 0.343 e. The number of nitrogens with two attached hydrogens (primary N) is 1. The van der Waals surface area contributed by atoms with Gasteiger partial charge in [0.1, 0.15) is 11.7 Å². The van der Waals surface area contributed by atoms with Gasteiger partial charge >= 0.3 is 11.8 Å². The number of carboxylic acids is 1. The number of rotatable bonds is 5. The first-order valence-corrected chi connectivity index (χ1v) is 5.60. The van der Waals surface area contributed by atoms with Crippen LogP contribution >= 0.6 is 0 Å². The number of nitrogens with one attached hydrogen (secondary N) is 1. The van der Waals surface area contributed by atoms with E-state index in [9.17, 15) is 25.0 Å². The van der Waals surface area contributed by atoms with Crippen molar-refractivity contribution in [2.75, 3.05) is 0 Å². The molecule has 0 aromatic carbocycles. The Morgan fingerprint density at radius 2 is 2.18 bits per heavy atom. The van der Waals surface area contributed by atoms with Crippen LogP contribution in [0.5, 0.6) is 0 Å². The molecule has 0 aliphatic carbocycles. The van der Waals surface area contributed by atoms with E-state index in [4.69, 9.17) is 10.8 Å². The van der Waals surface area contributed by atoms with Crippen LogP contribution in [0.3, 0.4) is 0 Å². The number of carboxylic acid groups (broad SMARTS) is 1. The molecule has 0 saturated heterocycles. The number of H-pyrrole nitrogens is 1. The number of nitro groups is 2. The van der Waals surface area contributed by atoms with Gasteiger partial charge in [-0.25, -0.2) is 25.1 Å². The SMILES string of the molecule is NC(Cc1nc[nH]c1[N+](=O)[O-])C(=O)O.O=[N+]([O-])n1ccnc1. The highest BCUT2D eigenvalue weighted by Gasteiger charge is 2.21. The van der Waals surface area contributed by atoms with Gasteiger partial charge in [-0.1, -0.05) is 4.68 Å². The molecule has 2 rings (SSSR count). The minimum absolute atomic E-state index is 0.0462. The fourth-order valence-corrected chi connectivity index (χ4v) is 1.27. The van der Waals surface area contributed by atoms with Crippen LogP contribution in [-0.4, -0.2) is 46.7 Å². The minimum Gasteiger partial charge on any atom is -0.480 e. The molecular weight excluding hydrogens is 302 g/mol. The molecule has 0 aliphatic rings. The highest BCUT2D eigenvalue weighted by Crippen LogP contribution is 2.13. The first-order valence-electron chi connectivity index (χ1n) is 5.60. The van der Waals surface area contributed by atoms with E-state index in [2.05, 4.69) is 15.0 Å². The molecule has 1 unspecified atom stereocenters. The third kappa shape index (κ3) is 4.64. The van der Waals surface area contributed by atoms with Gasteiger partial charge in [0.15, 0.2) is 17.7 Å². The molecule has 2 aromatic rings. The summed E-state index contributed by atoms with van der Waals surface area (Å²) in [5.41, 5.74) is 5.25. The Labute approximate surface area is 121 Å². The van der Waals surface area contributed by atoms with Crippen LogP contribution in [-0.2, 0) is 11.2 Å². The lowest BCUT2D eigenvalue weighted by molar-refractivity contribution is -0.542. The molecule has 0 fully saturated rings. The third-order valence-corrected chi connectivity index (χ3v) is 2.29. The number of carbonyl (C=O) groups is 1. The number of imidazole rings is 2. The molecule has 0 spiro atoms. The largest absolute Gasteiger partial charge is 0.480 e. The highest BCUT2D eigenvalue weighted by molar-refractivity contribution is 5.73. The van der Waals surface area contributed by atoms with E-state index in [-0.39, 0.29) is 17.9 Å². The van der Waals surface area contributed by atoms with Crippen LogP contribution in [0.25, 0.3) is 0 Å².